The third kappa shape index (κ3) is 5.29. The van der Waals surface area contributed by atoms with Crippen LogP contribution in [0.25, 0.3) is 0 Å². The zero-order valence-corrected chi connectivity index (χ0v) is 17.7. The van der Waals surface area contributed by atoms with Gasteiger partial charge in [-0.25, -0.2) is 4.98 Å². The SMILES string of the molecule is CN1CCN(c2ccc(NC(=O)c3ccccc3SCC3CCCO3)cn2)CC1. The molecule has 0 radical (unpaired) electrons. The Kier molecular flexibility index (Phi) is 6.69. The second-order valence-corrected chi connectivity index (χ2v) is 8.65. The fourth-order valence-electron chi connectivity index (χ4n) is 3.62. The largest absolute Gasteiger partial charge is 0.377 e. The number of rotatable bonds is 6. The van der Waals surface area contributed by atoms with Crippen molar-refractivity contribution < 1.29 is 9.53 Å². The molecule has 3 heterocycles. The molecule has 1 amide bonds. The number of amides is 1. The zero-order valence-electron chi connectivity index (χ0n) is 16.8. The van der Waals surface area contributed by atoms with Crippen LogP contribution in [0.1, 0.15) is 23.2 Å². The lowest BCUT2D eigenvalue weighted by molar-refractivity contribution is 0.102. The van der Waals surface area contributed by atoms with Gasteiger partial charge in [0.1, 0.15) is 5.82 Å². The first-order chi connectivity index (χ1) is 14.2. The molecule has 6 nitrogen and oxygen atoms in total. The number of nitrogens with one attached hydrogen (secondary N) is 1. The fourth-order valence-corrected chi connectivity index (χ4v) is 4.74. The predicted octanol–water partition coefficient (Wildman–Crippen LogP) is 3.36. The maximum atomic E-state index is 12.9. The molecule has 0 saturated carbocycles. The lowest BCUT2D eigenvalue weighted by Crippen LogP contribution is -2.44. The highest BCUT2D eigenvalue weighted by Crippen LogP contribution is 2.27. The van der Waals surface area contributed by atoms with Crippen molar-refractivity contribution in [2.45, 2.75) is 23.8 Å². The van der Waals surface area contributed by atoms with Crippen molar-refractivity contribution in [3.63, 3.8) is 0 Å². The molecule has 1 atom stereocenters. The summed E-state index contributed by atoms with van der Waals surface area (Å²) >= 11 is 1.69. The van der Waals surface area contributed by atoms with Gasteiger partial charge < -0.3 is 19.9 Å². The third-order valence-electron chi connectivity index (χ3n) is 5.41. The summed E-state index contributed by atoms with van der Waals surface area (Å²) in [6.45, 7) is 4.89. The van der Waals surface area contributed by atoms with Gasteiger partial charge in [-0.2, -0.15) is 0 Å². The van der Waals surface area contributed by atoms with Gasteiger partial charge in [-0.1, -0.05) is 12.1 Å². The van der Waals surface area contributed by atoms with Gasteiger partial charge in [-0.15, -0.1) is 11.8 Å². The van der Waals surface area contributed by atoms with Gasteiger partial charge in [-0.3, -0.25) is 4.79 Å². The summed E-state index contributed by atoms with van der Waals surface area (Å²) < 4.78 is 5.70. The monoisotopic (exact) mass is 412 g/mol. The highest BCUT2D eigenvalue weighted by atomic mass is 32.2. The Morgan fingerprint density at radius 3 is 2.76 bits per heavy atom. The number of carbonyl (C=O) groups is 1. The standard InChI is InChI=1S/C22H28N4O2S/c1-25-10-12-26(13-11-25)21-9-8-17(15-23-21)24-22(27)19-6-2-3-7-20(19)29-16-18-5-4-14-28-18/h2-3,6-9,15,18H,4-5,10-14,16H2,1H3,(H,24,27). The van der Waals surface area contributed by atoms with Crippen LogP contribution < -0.4 is 10.2 Å². The van der Waals surface area contributed by atoms with Crippen LogP contribution in [-0.4, -0.2) is 67.5 Å². The van der Waals surface area contributed by atoms with Crippen LogP contribution in [0.4, 0.5) is 11.5 Å². The number of nitrogens with zero attached hydrogens (tertiary/aromatic N) is 3. The Morgan fingerprint density at radius 1 is 1.21 bits per heavy atom. The lowest BCUT2D eigenvalue weighted by Gasteiger charge is -2.33. The highest BCUT2D eigenvalue weighted by molar-refractivity contribution is 7.99. The van der Waals surface area contributed by atoms with Crippen molar-refractivity contribution in [1.29, 1.82) is 0 Å². The van der Waals surface area contributed by atoms with Crippen LogP contribution in [0, 0.1) is 0 Å². The van der Waals surface area contributed by atoms with Crippen LogP contribution >= 0.6 is 11.8 Å². The number of piperazine rings is 1. The summed E-state index contributed by atoms with van der Waals surface area (Å²) in [6.07, 6.45) is 4.27. The Bertz CT molecular complexity index is 816. The average Bonchev–Trinajstić information content (AvgIpc) is 3.27. The van der Waals surface area contributed by atoms with E-state index < -0.39 is 0 Å². The maximum absolute atomic E-state index is 12.9. The van der Waals surface area contributed by atoms with Crippen LogP contribution in [0.2, 0.25) is 0 Å². The second kappa shape index (κ2) is 9.61. The second-order valence-electron chi connectivity index (χ2n) is 7.59. The van der Waals surface area contributed by atoms with E-state index in [0.29, 0.717) is 17.4 Å². The van der Waals surface area contributed by atoms with Gasteiger partial charge >= 0.3 is 0 Å². The van der Waals surface area contributed by atoms with Crippen molar-refractivity contribution in [1.82, 2.24) is 9.88 Å². The minimum Gasteiger partial charge on any atom is -0.377 e. The number of carbonyl (C=O) groups excluding carboxylic acids is 1. The Labute approximate surface area is 176 Å². The van der Waals surface area contributed by atoms with E-state index in [0.717, 1.165) is 62.1 Å². The number of pyridine rings is 1. The molecule has 1 aromatic heterocycles. The van der Waals surface area contributed by atoms with Crippen molar-refractivity contribution >= 4 is 29.2 Å². The van der Waals surface area contributed by atoms with Gasteiger partial charge in [0.25, 0.3) is 5.91 Å². The van der Waals surface area contributed by atoms with Crippen molar-refractivity contribution in [3.05, 3.63) is 48.2 Å². The molecule has 1 N–H and O–H groups in total. The normalized spacial score (nSPS) is 20.0. The molecule has 7 heteroatoms. The van der Waals surface area contributed by atoms with Gasteiger partial charge in [0, 0.05) is 43.4 Å². The molecule has 0 aliphatic carbocycles. The van der Waals surface area contributed by atoms with Crippen LogP contribution in [0.5, 0.6) is 0 Å². The topological polar surface area (TPSA) is 57.7 Å². The van der Waals surface area contributed by atoms with E-state index in [2.05, 4.69) is 27.1 Å². The highest BCUT2D eigenvalue weighted by Gasteiger charge is 2.19. The summed E-state index contributed by atoms with van der Waals surface area (Å²) in [5.41, 5.74) is 1.41. The van der Waals surface area contributed by atoms with Gasteiger partial charge in [0.2, 0.25) is 0 Å². The lowest BCUT2D eigenvalue weighted by atomic mass is 10.2. The Balaban J connectivity index is 1.37. The van der Waals surface area contributed by atoms with E-state index in [1.54, 1.807) is 18.0 Å². The van der Waals surface area contributed by atoms with Gasteiger partial charge in [0.05, 0.1) is 23.6 Å². The number of ether oxygens (including phenoxy) is 1. The van der Waals surface area contributed by atoms with E-state index in [9.17, 15) is 4.79 Å². The first kappa shape index (κ1) is 20.2. The van der Waals surface area contributed by atoms with Crippen LogP contribution in [-0.2, 0) is 4.74 Å². The zero-order chi connectivity index (χ0) is 20.1. The van der Waals surface area contributed by atoms with E-state index >= 15 is 0 Å². The number of hydrogen-bond acceptors (Lipinski definition) is 6. The first-order valence-corrected chi connectivity index (χ1v) is 11.2. The Morgan fingerprint density at radius 2 is 2.03 bits per heavy atom. The number of benzene rings is 1. The summed E-state index contributed by atoms with van der Waals surface area (Å²) in [5.74, 6) is 1.74. The number of aromatic nitrogens is 1. The van der Waals surface area contributed by atoms with E-state index in [-0.39, 0.29) is 5.91 Å². The number of likely N-dealkylation sites (N-methyl/N-ethyl adjacent to an activating group) is 1. The molecule has 154 valence electrons. The minimum absolute atomic E-state index is 0.102. The van der Waals surface area contributed by atoms with E-state index in [1.165, 1.54) is 0 Å². The van der Waals surface area contributed by atoms with Gasteiger partial charge in [-0.05, 0) is 44.2 Å². The molecule has 2 saturated heterocycles. The average molecular weight is 413 g/mol. The van der Waals surface area contributed by atoms with Gasteiger partial charge in [0.15, 0.2) is 0 Å². The molecular formula is C22H28N4O2S. The van der Waals surface area contributed by atoms with E-state index in [4.69, 9.17) is 4.74 Å². The third-order valence-corrected chi connectivity index (χ3v) is 6.62. The van der Waals surface area contributed by atoms with Crippen molar-refractivity contribution in [3.8, 4) is 0 Å². The smallest absolute Gasteiger partial charge is 0.256 e. The first-order valence-electron chi connectivity index (χ1n) is 10.2. The predicted molar refractivity (Wildman–Crippen MR) is 118 cm³/mol. The molecule has 1 unspecified atom stereocenters. The van der Waals surface area contributed by atoms with Crippen molar-refractivity contribution in [2.24, 2.45) is 0 Å². The molecule has 29 heavy (non-hydrogen) atoms. The summed E-state index contributed by atoms with van der Waals surface area (Å²) in [4.78, 5) is 23.0. The molecular weight excluding hydrogens is 384 g/mol. The molecule has 2 aliphatic heterocycles. The summed E-state index contributed by atoms with van der Waals surface area (Å²) in [7, 11) is 2.14. The number of hydrogen-bond donors (Lipinski definition) is 1. The molecule has 2 aromatic rings. The molecule has 2 aliphatic rings. The molecule has 2 fully saturated rings. The molecule has 0 spiro atoms. The maximum Gasteiger partial charge on any atom is 0.256 e. The van der Waals surface area contributed by atoms with Crippen LogP contribution in [0.15, 0.2) is 47.5 Å². The quantitative estimate of drug-likeness (QED) is 0.735. The van der Waals surface area contributed by atoms with E-state index in [1.807, 2.05) is 36.4 Å². The summed E-state index contributed by atoms with van der Waals surface area (Å²) in [5, 5.41) is 2.99. The van der Waals surface area contributed by atoms with Crippen LogP contribution in [0.3, 0.4) is 0 Å². The summed E-state index contributed by atoms with van der Waals surface area (Å²) in [6, 6.07) is 11.7. The fraction of sp³-hybridized carbons (Fsp3) is 0.455. The van der Waals surface area contributed by atoms with Crippen molar-refractivity contribution in [2.75, 3.05) is 55.8 Å². The minimum atomic E-state index is -0.102. The number of anilines is 2. The molecule has 4 rings (SSSR count). The Hall–Kier alpha value is -2.09. The molecule has 1 aromatic carbocycles. The molecule has 0 bridgehead atoms. The number of thioether (sulfide) groups is 1.